The molecule has 0 saturated carbocycles. The van der Waals surface area contributed by atoms with Crippen LogP contribution in [0.1, 0.15) is 31.5 Å². The maximum absolute atomic E-state index is 13.3. The van der Waals surface area contributed by atoms with E-state index in [1.54, 1.807) is 24.1 Å². The number of rotatable bonds is 7. The number of thiazole rings is 1. The molecule has 1 aromatic heterocycles. The van der Waals surface area contributed by atoms with Gasteiger partial charge in [-0.15, -0.1) is 11.3 Å². The first-order valence-electron chi connectivity index (χ1n) is 9.54. The molecule has 7 heteroatoms. The molecule has 0 N–H and O–H groups in total. The number of ether oxygens (including phenoxy) is 2. The Hall–Kier alpha value is -2.93. The summed E-state index contributed by atoms with van der Waals surface area (Å²) in [4.78, 5) is 19.2. The topological polar surface area (TPSA) is 51.7 Å². The number of benzene rings is 2. The molecular weight excluding hydrogens is 403 g/mol. The number of hydrogen-bond acceptors (Lipinski definition) is 5. The van der Waals surface area contributed by atoms with Crippen LogP contribution in [0.25, 0.3) is 0 Å². The van der Waals surface area contributed by atoms with E-state index in [0.717, 1.165) is 22.2 Å². The van der Waals surface area contributed by atoms with E-state index in [0.29, 0.717) is 18.8 Å². The van der Waals surface area contributed by atoms with Gasteiger partial charge in [0.1, 0.15) is 28.9 Å². The average molecular weight is 429 g/mol. The number of methoxy groups -OCH3 is 1. The molecule has 0 atom stereocenters. The van der Waals surface area contributed by atoms with E-state index in [1.807, 2.05) is 50.4 Å². The number of anilines is 1. The number of halogens is 1. The Morgan fingerprint density at radius 2 is 1.70 bits per heavy atom. The van der Waals surface area contributed by atoms with Crippen molar-refractivity contribution in [3.05, 3.63) is 70.4 Å². The highest BCUT2D eigenvalue weighted by molar-refractivity contribution is 7.09. The van der Waals surface area contributed by atoms with Crippen LogP contribution in [-0.4, -0.2) is 18.0 Å². The largest absolute Gasteiger partial charge is 0.497 e. The standard InChI is InChI=1S/C23H25FN2O3S/c1-23(2,3)22(27)26(18-7-5-16(24)6-8-18)13-17-15-30-21(25-17)14-29-20-11-9-19(28-4)10-12-20/h5-12,15H,13-14H2,1-4H3. The smallest absolute Gasteiger partial charge is 0.232 e. The van der Waals surface area contributed by atoms with Gasteiger partial charge in [-0.3, -0.25) is 4.79 Å². The molecule has 0 radical (unpaired) electrons. The molecule has 2 aromatic carbocycles. The van der Waals surface area contributed by atoms with Crippen LogP contribution < -0.4 is 14.4 Å². The Labute approximate surface area is 180 Å². The summed E-state index contributed by atoms with van der Waals surface area (Å²) < 4.78 is 24.3. The highest BCUT2D eigenvalue weighted by Gasteiger charge is 2.29. The Kier molecular flexibility index (Phi) is 6.72. The van der Waals surface area contributed by atoms with Crippen LogP contribution in [0.5, 0.6) is 11.5 Å². The van der Waals surface area contributed by atoms with E-state index < -0.39 is 5.41 Å². The van der Waals surface area contributed by atoms with Crippen LogP contribution in [0.2, 0.25) is 0 Å². The van der Waals surface area contributed by atoms with Crippen molar-refractivity contribution < 1.29 is 18.7 Å². The molecule has 3 rings (SSSR count). The van der Waals surface area contributed by atoms with Gasteiger partial charge in [0, 0.05) is 16.5 Å². The Morgan fingerprint density at radius 3 is 2.30 bits per heavy atom. The van der Waals surface area contributed by atoms with Gasteiger partial charge in [0.05, 0.1) is 19.3 Å². The first-order chi connectivity index (χ1) is 14.3. The van der Waals surface area contributed by atoms with Gasteiger partial charge in [-0.2, -0.15) is 0 Å². The van der Waals surface area contributed by atoms with Crippen molar-refractivity contribution >= 4 is 22.9 Å². The number of hydrogen-bond donors (Lipinski definition) is 0. The molecule has 0 aliphatic rings. The van der Waals surface area contributed by atoms with Gasteiger partial charge in [-0.25, -0.2) is 9.37 Å². The maximum atomic E-state index is 13.3. The van der Waals surface area contributed by atoms with Crippen molar-refractivity contribution in [3.8, 4) is 11.5 Å². The van der Waals surface area contributed by atoms with Gasteiger partial charge in [0.25, 0.3) is 0 Å². The normalized spacial score (nSPS) is 11.2. The Bertz CT molecular complexity index is 979. The fourth-order valence-electron chi connectivity index (χ4n) is 2.77. The van der Waals surface area contributed by atoms with Crippen molar-refractivity contribution in [2.75, 3.05) is 12.0 Å². The van der Waals surface area contributed by atoms with Gasteiger partial charge < -0.3 is 14.4 Å². The lowest BCUT2D eigenvalue weighted by Gasteiger charge is -2.29. The Morgan fingerprint density at radius 1 is 1.07 bits per heavy atom. The number of aromatic nitrogens is 1. The molecule has 158 valence electrons. The first-order valence-corrected chi connectivity index (χ1v) is 10.4. The SMILES string of the molecule is COc1ccc(OCc2nc(CN(C(=O)C(C)(C)C)c3ccc(F)cc3)cs2)cc1. The van der Waals surface area contributed by atoms with E-state index in [4.69, 9.17) is 9.47 Å². The molecule has 1 amide bonds. The van der Waals surface area contributed by atoms with Crippen molar-refractivity contribution in [1.29, 1.82) is 0 Å². The van der Waals surface area contributed by atoms with Crippen LogP contribution in [0.15, 0.2) is 53.9 Å². The molecule has 3 aromatic rings. The summed E-state index contributed by atoms with van der Waals surface area (Å²) in [6.45, 7) is 6.23. The van der Waals surface area contributed by atoms with E-state index in [-0.39, 0.29) is 11.7 Å². The van der Waals surface area contributed by atoms with Crippen LogP contribution in [-0.2, 0) is 17.9 Å². The van der Waals surface area contributed by atoms with E-state index in [2.05, 4.69) is 4.98 Å². The lowest BCUT2D eigenvalue weighted by Crippen LogP contribution is -2.39. The number of amides is 1. The average Bonchev–Trinajstić information content (AvgIpc) is 3.18. The molecule has 0 fully saturated rings. The fourth-order valence-corrected chi connectivity index (χ4v) is 3.47. The molecule has 0 aliphatic heterocycles. The fraction of sp³-hybridized carbons (Fsp3) is 0.304. The second-order valence-corrected chi connectivity index (χ2v) is 8.76. The van der Waals surface area contributed by atoms with Gasteiger partial charge in [-0.1, -0.05) is 20.8 Å². The van der Waals surface area contributed by atoms with Gasteiger partial charge >= 0.3 is 0 Å². The van der Waals surface area contributed by atoms with Crippen LogP contribution in [0, 0.1) is 11.2 Å². The molecular formula is C23H25FN2O3S. The summed E-state index contributed by atoms with van der Waals surface area (Å²) in [6.07, 6.45) is 0. The molecule has 0 bridgehead atoms. The zero-order valence-corrected chi connectivity index (χ0v) is 18.3. The third kappa shape index (κ3) is 5.57. The molecule has 0 spiro atoms. The van der Waals surface area contributed by atoms with Crippen molar-refractivity contribution in [3.63, 3.8) is 0 Å². The van der Waals surface area contributed by atoms with E-state index in [1.165, 1.54) is 23.5 Å². The van der Waals surface area contributed by atoms with E-state index in [9.17, 15) is 9.18 Å². The van der Waals surface area contributed by atoms with Crippen molar-refractivity contribution in [1.82, 2.24) is 4.98 Å². The maximum Gasteiger partial charge on any atom is 0.232 e. The second-order valence-electron chi connectivity index (χ2n) is 7.81. The quantitative estimate of drug-likeness (QED) is 0.502. The molecule has 0 saturated heterocycles. The number of carbonyl (C=O) groups is 1. The number of carbonyl (C=O) groups excluding carboxylic acids is 1. The Balaban J connectivity index is 1.71. The minimum atomic E-state index is -0.579. The third-order valence-corrected chi connectivity index (χ3v) is 5.24. The van der Waals surface area contributed by atoms with Crippen LogP contribution >= 0.6 is 11.3 Å². The van der Waals surface area contributed by atoms with Crippen LogP contribution in [0.3, 0.4) is 0 Å². The minimum absolute atomic E-state index is 0.0573. The molecule has 0 aliphatic carbocycles. The van der Waals surface area contributed by atoms with Crippen LogP contribution in [0.4, 0.5) is 10.1 Å². The second kappa shape index (κ2) is 9.26. The number of nitrogens with zero attached hydrogens (tertiary/aromatic N) is 2. The molecule has 1 heterocycles. The summed E-state index contributed by atoms with van der Waals surface area (Å²) in [7, 11) is 1.62. The molecule has 5 nitrogen and oxygen atoms in total. The summed E-state index contributed by atoms with van der Waals surface area (Å²) in [5.74, 6) is 1.10. The summed E-state index contributed by atoms with van der Waals surface area (Å²) in [5, 5.41) is 2.72. The van der Waals surface area contributed by atoms with Gasteiger partial charge in [0.15, 0.2) is 0 Å². The summed E-state index contributed by atoms with van der Waals surface area (Å²) in [5.41, 5.74) is 0.820. The lowest BCUT2D eigenvalue weighted by atomic mass is 9.94. The minimum Gasteiger partial charge on any atom is -0.497 e. The van der Waals surface area contributed by atoms with Crippen molar-refractivity contribution in [2.45, 2.75) is 33.9 Å². The van der Waals surface area contributed by atoms with Gasteiger partial charge in [0.2, 0.25) is 5.91 Å². The highest BCUT2D eigenvalue weighted by atomic mass is 32.1. The summed E-state index contributed by atoms with van der Waals surface area (Å²) >= 11 is 1.48. The molecule has 0 unspecified atom stereocenters. The van der Waals surface area contributed by atoms with Crippen molar-refractivity contribution in [2.24, 2.45) is 5.41 Å². The predicted molar refractivity (Wildman–Crippen MR) is 116 cm³/mol. The third-order valence-electron chi connectivity index (χ3n) is 4.37. The zero-order chi connectivity index (χ0) is 21.7. The zero-order valence-electron chi connectivity index (χ0n) is 17.5. The predicted octanol–water partition coefficient (Wildman–Crippen LogP) is 5.45. The summed E-state index contributed by atoms with van der Waals surface area (Å²) in [6, 6.07) is 13.3. The monoisotopic (exact) mass is 428 g/mol. The molecule has 30 heavy (non-hydrogen) atoms. The van der Waals surface area contributed by atoms with E-state index >= 15 is 0 Å². The first kappa shape index (κ1) is 21.8. The lowest BCUT2D eigenvalue weighted by molar-refractivity contribution is -0.125. The van der Waals surface area contributed by atoms with Gasteiger partial charge in [-0.05, 0) is 48.5 Å². The highest BCUT2D eigenvalue weighted by Crippen LogP contribution is 2.26.